The van der Waals surface area contributed by atoms with Gasteiger partial charge in [0.05, 0.1) is 6.04 Å². The molecule has 2 aromatic rings. The minimum absolute atomic E-state index is 0.437. The zero-order chi connectivity index (χ0) is 10.8. The molecule has 1 saturated carbocycles. The molecule has 1 heterocycles. The first-order valence-corrected chi connectivity index (χ1v) is 6.52. The van der Waals surface area contributed by atoms with Gasteiger partial charge in [-0.2, -0.15) is 0 Å². The van der Waals surface area contributed by atoms with E-state index in [0.717, 1.165) is 11.0 Å². The monoisotopic (exact) mass is 230 g/mol. The quantitative estimate of drug-likeness (QED) is 0.866. The summed E-state index contributed by atoms with van der Waals surface area (Å²) >= 11 is 1.67. The molecule has 1 aliphatic rings. The van der Waals surface area contributed by atoms with Gasteiger partial charge in [0.15, 0.2) is 5.13 Å². The first-order chi connectivity index (χ1) is 7.93. The zero-order valence-electron chi connectivity index (χ0n) is 8.97. The van der Waals surface area contributed by atoms with Crippen LogP contribution in [0.1, 0.15) is 24.4 Å². The number of nitrogens with one attached hydrogen (secondary N) is 1. The second kappa shape index (κ2) is 4.26. The molecule has 0 saturated heterocycles. The normalized spacial score (nSPS) is 17.0. The highest BCUT2D eigenvalue weighted by molar-refractivity contribution is 7.13. The van der Waals surface area contributed by atoms with Gasteiger partial charge in [-0.1, -0.05) is 30.3 Å². The molecule has 1 aromatic heterocycles. The van der Waals surface area contributed by atoms with Gasteiger partial charge in [-0.25, -0.2) is 4.98 Å². The molecule has 3 rings (SSSR count). The summed E-state index contributed by atoms with van der Waals surface area (Å²) in [6, 6.07) is 11.1. The number of hydrogen-bond donors (Lipinski definition) is 1. The standard InChI is InChI=1S/C13H14N2S/c1-2-4-10(5-3-1)12(11-6-7-11)15-13-14-8-9-16-13/h1-5,8-9,11-12H,6-7H2,(H,14,15). The molecule has 3 heteroatoms. The van der Waals surface area contributed by atoms with Gasteiger partial charge in [0.2, 0.25) is 0 Å². The van der Waals surface area contributed by atoms with Crippen molar-refractivity contribution in [1.82, 2.24) is 4.98 Å². The van der Waals surface area contributed by atoms with Crippen LogP contribution in [0.3, 0.4) is 0 Å². The maximum atomic E-state index is 4.30. The van der Waals surface area contributed by atoms with Crippen molar-refractivity contribution in [1.29, 1.82) is 0 Å². The zero-order valence-corrected chi connectivity index (χ0v) is 9.78. The predicted octanol–water partition coefficient (Wildman–Crippen LogP) is 3.71. The summed E-state index contributed by atoms with van der Waals surface area (Å²) < 4.78 is 0. The van der Waals surface area contributed by atoms with Crippen molar-refractivity contribution in [2.45, 2.75) is 18.9 Å². The van der Waals surface area contributed by atoms with Crippen LogP contribution in [0.5, 0.6) is 0 Å². The smallest absolute Gasteiger partial charge is 0.183 e. The molecule has 2 nitrogen and oxygen atoms in total. The molecule has 1 N–H and O–H groups in total. The predicted molar refractivity (Wildman–Crippen MR) is 67.6 cm³/mol. The number of rotatable bonds is 4. The second-order valence-electron chi connectivity index (χ2n) is 4.21. The van der Waals surface area contributed by atoms with Crippen LogP contribution in [-0.2, 0) is 0 Å². The molecule has 0 bridgehead atoms. The van der Waals surface area contributed by atoms with E-state index in [4.69, 9.17) is 0 Å². The van der Waals surface area contributed by atoms with E-state index in [2.05, 4.69) is 40.6 Å². The van der Waals surface area contributed by atoms with E-state index in [1.54, 1.807) is 11.3 Å². The third-order valence-corrected chi connectivity index (χ3v) is 3.67. The van der Waals surface area contributed by atoms with E-state index < -0.39 is 0 Å². The van der Waals surface area contributed by atoms with Crippen LogP contribution in [0.4, 0.5) is 5.13 Å². The Bertz CT molecular complexity index is 434. The lowest BCUT2D eigenvalue weighted by molar-refractivity contribution is 0.678. The SMILES string of the molecule is c1ccc(C(Nc2nccs2)C2CC2)cc1. The third kappa shape index (κ3) is 2.09. The molecule has 0 amide bonds. The molecular weight excluding hydrogens is 216 g/mol. The fourth-order valence-electron chi connectivity index (χ4n) is 1.99. The van der Waals surface area contributed by atoms with Crippen molar-refractivity contribution in [2.24, 2.45) is 5.92 Å². The Morgan fingerprint density at radius 3 is 2.69 bits per heavy atom. The molecule has 0 radical (unpaired) electrons. The van der Waals surface area contributed by atoms with E-state index >= 15 is 0 Å². The van der Waals surface area contributed by atoms with Gasteiger partial charge in [-0.3, -0.25) is 0 Å². The van der Waals surface area contributed by atoms with Crippen molar-refractivity contribution in [3.63, 3.8) is 0 Å². The molecule has 0 aliphatic heterocycles. The first-order valence-electron chi connectivity index (χ1n) is 5.64. The Kier molecular flexibility index (Phi) is 2.62. The molecule has 1 atom stereocenters. The average molecular weight is 230 g/mol. The lowest BCUT2D eigenvalue weighted by atomic mass is 10.0. The third-order valence-electron chi connectivity index (χ3n) is 2.96. The van der Waals surface area contributed by atoms with Crippen LogP contribution in [0.2, 0.25) is 0 Å². The molecular formula is C13H14N2S. The van der Waals surface area contributed by atoms with Crippen LogP contribution in [0.25, 0.3) is 0 Å². The van der Waals surface area contributed by atoms with Gasteiger partial charge in [0.1, 0.15) is 0 Å². The van der Waals surface area contributed by atoms with Gasteiger partial charge in [-0.05, 0) is 24.3 Å². The van der Waals surface area contributed by atoms with E-state index in [1.807, 2.05) is 11.6 Å². The molecule has 1 aromatic carbocycles. The van der Waals surface area contributed by atoms with Crippen LogP contribution < -0.4 is 5.32 Å². The Hall–Kier alpha value is -1.35. The molecule has 0 spiro atoms. The van der Waals surface area contributed by atoms with Gasteiger partial charge < -0.3 is 5.32 Å². The van der Waals surface area contributed by atoms with Crippen LogP contribution in [0, 0.1) is 5.92 Å². The maximum Gasteiger partial charge on any atom is 0.183 e. The minimum Gasteiger partial charge on any atom is -0.354 e. The number of thiazole rings is 1. The van der Waals surface area contributed by atoms with Crippen molar-refractivity contribution in [3.8, 4) is 0 Å². The Balaban J connectivity index is 1.82. The van der Waals surface area contributed by atoms with Gasteiger partial charge in [0, 0.05) is 11.6 Å². The van der Waals surface area contributed by atoms with E-state index in [-0.39, 0.29) is 0 Å². The topological polar surface area (TPSA) is 24.9 Å². The summed E-state index contributed by atoms with van der Waals surface area (Å²) in [6.07, 6.45) is 4.51. The lowest BCUT2D eigenvalue weighted by Gasteiger charge is -2.17. The summed E-state index contributed by atoms with van der Waals surface area (Å²) in [6.45, 7) is 0. The number of hydrogen-bond acceptors (Lipinski definition) is 3. The summed E-state index contributed by atoms with van der Waals surface area (Å²) in [5.74, 6) is 0.784. The second-order valence-corrected chi connectivity index (χ2v) is 5.10. The van der Waals surface area contributed by atoms with Crippen molar-refractivity contribution < 1.29 is 0 Å². The molecule has 1 unspecified atom stereocenters. The number of benzene rings is 1. The fraction of sp³-hybridized carbons (Fsp3) is 0.308. The van der Waals surface area contributed by atoms with E-state index in [0.29, 0.717) is 6.04 Å². The molecule has 1 aliphatic carbocycles. The first kappa shape index (κ1) is 9.85. The highest BCUT2D eigenvalue weighted by atomic mass is 32.1. The fourth-order valence-corrected chi connectivity index (χ4v) is 2.56. The number of anilines is 1. The highest BCUT2D eigenvalue weighted by Crippen LogP contribution is 2.42. The molecule has 16 heavy (non-hydrogen) atoms. The van der Waals surface area contributed by atoms with Crippen molar-refractivity contribution in [3.05, 3.63) is 47.5 Å². The lowest BCUT2D eigenvalue weighted by Crippen LogP contribution is -2.12. The van der Waals surface area contributed by atoms with Gasteiger partial charge >= 0.3 is 0 Å². The van der Waals surface area contributed by atoms with Crippen molar-refractivity contribution in [2.75, 3.05) is 5.32 Å². The minimum atomic E-state index is 0.437. The highest BCUT2D eigenvalue weighted by Gasteiger charge is 2.32. The summed E-state index contributed by atoms with van der Waals surface area (Å²) in [7, 11) is 0. The van der Waals surface area contributed by atoms with Crippen LogP contribution >= 0.6 is 11.3 Å². The van der Waals surface area contributed by atoms with E-state index in [1.165, 1.54) is 18.4 Å². The molecule has 1 fully saturated rings. The van der Waals surface area contributed by atoms with Gasteiger partial charge in [0.25, 0.3) is 0 Å². The Morgan fingerprint density at radius 1 is 1.25 bits per heavy atom. The summed E-state index contributed by atoms with van der Waals surface area (Å²) in [5, 5.41) is 6.58. The Morgan fingerprint density at radius 2 is 2.06 bits per heavy atom. The average Bonchev–Trinajstić information content (AvgIpc) is 3.05. The van der Waals surface area contributed by atoms with Crippen LogP contribution in [-0.4, -0.2) is 4.98 Å². The van der Waals surface area contributed by atoms with E-state index in [9.17, 15) is 0 Å². The summed E-state index contributed by atoms with van der Waals surface area (Å²) in [5.41, 5.74) is 1.38. The molecule has 82 valence electrons. The van der Waals surface area contributed by atoms with Gasteiger partial charge in [-0.15, -0.1) is 11.3 Å². The Labute approximate surface area is 99.4 Å². The number of aromatic nitrogens is 1. The number of nitrogens with zero attached hydrogens (tertiary/aromatic N) is 1. The maximum absolute atomic E-state index is 4.30. The van der Waals surface area contributed by atoms with Crippen LogP contribution in [0.15, 0.2) is 41.9 Å². The van der Waals surface area contributed by atoms with Crippen molar-refractivity contribution >= 4 is 16.5 Å². The summed E-state index contributed by atoms with van der Waals surface area (Å²) in [4.78, 5) is 4.30. The largest absolute Gasteiger partial charge is 0.354 e.